The third-order valence-corrected chi connectivity index (χ3v) is 8.15. The number of aromatic nitrogens is 4. The van der Waals surface area contributed by atoms with Crippen molar-refractivity contribution in [2.75, 3.05) is 6.61 Å². The van der Waals surface area contributed by atoms with E-state index in [4.69, 9.17) is 28.5 Å². The molecule has 1 fully saturated rings. The van der Waals surface area contributed by atoms with Crippen LogP contribution < -0.4 is 16.0 Å². The number of aliphatic hydroxyl groups is 1. The van der Waals surface area contributed by atoms with Crippen LogP contribution in [-0.2, 0) is 31.0 Å². The highest BCUT2D eigenvalue weighted by Gasteiger charge is 2.47. The van der Waals surface area contributed by atoms with Crippen LogP contribution in [0.2, 0.25) is 0 Å². The number of rotatable bonds is 9. The molecule has 4 heterocycles. The third kappa shape index (κ3) is 6.24. The van der Waals surface area contributed by atoms with Crippen LogP contribution in [-0.4, -0.2) is 54.5 Å². The molecule has 246 valence electrons. The molecule has 0 bridgehead atoms. The van der Waals surface area contributed by atoms with Gasteiger partial charge in [0.25, 0.3) is 6.08 Å². The first-order valence-electron chi connectivity index (χ1n) is 14.6. The molecule has 15 heteroatoms. The molecular weight excluding hydrogens is 605 g/mol. The van der Waals surface area contributed by atoms with Crippen LogP contribution in [0, 0.1) is 32.3 Å². The first-order valence-corrected chi connectivity index (χ1v) is 14.6. The number of hydrogen-bond donors (Lipinski definition) is 2. The molecule has 5 rings (SSSR count). The number of halogens is 1. The van der Waals surface area contributed by atoms with Crippen molar-refractivity contribution in [1.29, 1.82) is 5.41 Å². The Kier molecular flexibility index (Phi) is 8.51. The normalized spacial score (nSPS) is 19.9. The minimum absolute atomic E-state index is 0.00126. The van der Waals surface area contributed by atoms with Crippen molar-refractivity contribution in [3.63, 3.8) is 0 Å². The van der Waals surface area contributed by atoms with E-state index in [9.17, 15) is 19.5 Å². The number of fused-ring (bicyclic) bond motifs is 1. The topological polar surface area (TPSA) is 185 Å². The number of carbonyl (C=O) groups excluding carboxylic acids is 2. The molecule has 2 N–H and O–H groups in total. The van der Waals surface area contributed by atoms with Gasteiger partial charge in [-0.25, -0.2) is 9.78 Å². The lowest BCUT2D eigenvalue weighted by atomic mass is 9.78. The van der Waals surface area contributed by atoms with E-state index in [1.807, 2.05) is 33.8 Å². The minimum atomic E-state index is -1.32. The van der Waals surface area contributed by atoms with E-state index >= 15 is 4.39 Å². The molecule has 1 aliphatic rings. The van der Waals surface area contributed by atoms with Crippen LogP contribution in [0.15, 0.2) is 32.1 Å². The Morgan fingerprint density at radius 1 is 1.24 bits per heavy atom. The van der Waals surface area contributed by atoms with Gasteiger partial charge in [-0.15, -0.1) is 0 Å². The third-order valence-electron chi connectivity index (χ3n) is 8.15. The standard InChI is InChI=1S/C31H36FN5O9/c1-15-8-16(2)24(19(9-15)44-18(4)38)30(5,6)11-23(40)42-13-31(7)21(39)10-22(46-31)37-14-34-25-26(33)36(28(32)35-27(25)37)12-20-17(3)43-29(41)45-20/h8-9,14,21-22,33,39H,10-13H2,1-7H3/t21-,22+,31+/m0/s1. The van der Waals surface area contributed by atoms with Crippen LogP contribution in [0.5, 0.6) is 5.75 Å². The molecule has 0 spiro atoms. The van der Waals surface area contributed by atoms with Crippen LogP contribution >= 0.6 is 0 Å². The molecule has 1 saturated heterocycles. The van der Waals surface area contributed by atoms with Gasteiger partial charge in [-0.3, -0.25) is 24.1 Å². The molecular formula is C31H36FN5O9. The molecule has 14 nitrogen and oxygen atoms in total. The maximum atomic E-state index is 15.1. The Hall–Kier alpha value is -4.63. The fourth-order valence-corrected chi connectivity index (χ4v) is 5.95. The highest BCUT2D eigenvalue weighted by Crippen LogP contribution is 2.40. The zero-order valence-electron chi connectivity index (χ0n) is 26.6. The van der Waals surface area contributed by atoms with Crippen molar-refractivity contribution >= 4 is 23.1 Å². The van der Waals surface area contributed by atoms with Crippen LogP contribution in [0.25, 0.3) is 11.2 Å². The van der Waals surface area contributed by atoms with Gasteiger partial charge in [0, 0.05) is 24.3 Å². The second-order valence-corrected chi connectivity index (χ2v) is 12.5. The smallest absolute Gasteiger partial charge is 0.462 e. The highest BCUT2D eigenvalue weighted by molar-refractivity contribution is 5.74. The number of carbonyl (C=O) groups is 2. The van der Waals surface area contributed by atoms with Crippen molar-refractivity contribution in [2.45, 2.75) is 91.2 Å². The van der Waals surface area contributed by atoms with Crippen molar-refractivity contribution in [1.82, 2.24) is 19.1 Å². The summed E-state index contributed by atoms with van der Waals surface area (Å²) in [6.07, 6.45) is -1.66. The molecule has 3 aromatic heterocycles. The first kappa shape index (κ1) is 32.8. The van der Waals surface area contributed by atoms with Gasteiger partial charge in [-0.05, 0) is 44.9 Å². The molecule has 3 atom stereocenters. The second-order valence-electron chi connectivity index (χ2n) is 12.5. The SMILES string of the molecule is CC(=O)Oc1cc(C)cc(C)c1C(C)(C)CC(=O)OC[C@@]1(C)O[C@@H](n2cnc3c(=N)n(Cc4oc(=O)oc4C)c(F)nc32)C[C@@H]1O. The van der Waals surface area contributed by atoms with Crippen molar-refractivity contribution < 1.29 is 42.1 Å². The van der Waals surface area contributed by atoms with Gasteiger partial charge in [-0.1, -0.05) is 19.9 Å². The lowest BCUT2D eigenvalue weighted by Gasteiger charge is -2.30. The largest absolute Gasteiger partial charge is 0.519 e. The summed E-state index contributed by atoms with van der Waals surface area (Å²) in [5, 5.41) is 19.5. The molecule has 0 saturated carbocycles. The number of esters is 2. The summed E-state index contributed by atoms with van der Waals surface area (Å²) in [5.41, 5.74) is 0.106. The Balaban J connectivity index is 1.30. The molecule has 1 aliphatic heterocycles. The Labute approximate surface area is 262 Å². The summed E-state index contributed by atoms with van der Waals surface area (Å²) < 4.78 is 44.4. The molecule has 0 aliphatic carbocycles. The average Bonchev–Trinajstić information content (AvgIpc) is 3.58. The van der Waals surface area contributed by atoms with E-state index in [0.29, 0.717) is 11.3 Å². The molecule has 1 aromatic carbocycles. The summed E-state index contributed by atoms with van der Waals surface area (Å²) in [6.45, 7) is 11.3. The van der Waals surface area contributed by atoms with Gasteiger partial charge in [0.1, 0.15) is 29.9 Å². The molecule has 0 amide bonds. The molecule has 0 radical (unpaired) electrons. The summed E-state index contributed by atoms with van der Waals surface area (Å²) in [5.74, 6) is -1.39. The van der Waals surface area contributed by atoms with E-state index in [1.165, 1.54) is 24.7 Å². The van der Waals surface area contributed by atoms with E-state index in [-0.39, 0.29) is 54.2 Å². The van der Waals surface area contributed by atoms with Crippen molar-refractivity contribution in [2.24, 2.45) is 0 Å². The van der Waals surface area contributed by atoms with Gasteiger partial charge < -0.3 is 28.2 Å². The van der Waals surface area contributed by atoms with Gasteiger partial charge >= 0.3 is 17.8 Å². The van der Waals surface area contributed by atoms with Crippen LogP contribution in [0.1, 0.15) is 75.0 Å². The van der Waals surface area contributed by atoms with Crippen LogP contribution in [0.3, 0.4) is 0 Å². The number of ether oxygens (including phenoxy) is 3. The number of nitrogens with one attached hydrogen (secondary N) is 1. The van der Waals surface area contributed by atoms with Gasteiger partial charge in [0.05, 0.1) is 25.4 Å². The highest BCUT2D eigenvalue weighted by atomic mass is 19.1. The van der Waals surface area contributed by atoms with Crippen molar-refractivity contribution in [3.8, 4) is 5.75 Å². The first-order chi connectivity index (χ1) is 21.5. The fraction of sp³-hybridized carbons (Fsp3) is 0.484. The second kappa shape index (κ2) is 11.9. The zero-order valence-corrected chi connectivity index (χ0v) is 26.6. The van der Waals surface area contributed by atoms with E-state index in [1.54, 1.807) is 13.0 Å². The number of aliphatic hydroxyl groups excluding tert-OH is 1. The van der Waals surface area contributed by atoms with Gasteiger partial charge in [0.2, 0.25) is 0 Å². The Bertz CT molecular complexity index is 1960. The number of imidazole rings is 1. The monoisotopic (exact) mass is 641 g/mol. The summed E-state index contributed by atoms with van der Waals surface area (Å²) in [4.78, 5) is 44.5. The van der Waals surface area contributed by atoms with Gasteiger partial charge in [-0.2, -0.15) is 9.37 Å². The number of nitrogens with zero attached hydrogens (tertiary/aromatic N) is 4. The maximum absolute atomic E-state index is 15.1. The number of aryl methyl sites for hydroxylation is 3. The van der Waals surface area contributed by atoms with Crippen LogP contribution in [0.4, 0.5) is 4.39 Å². The quantitative estimate of drug-likeness (QED) is 0.155. The number of benzene rings is 1. The minimum Gasteiger partial charge on any atom is -0.462 e. The zero-order chi connectivity index (χ0) is 33.7. The lowest BCUT2D eigenvalue weighted by Crippen LogP contribution is -2.42. The molecule has 0 unspecified atom stereocenters. The van der Waals surface area contributed by atoms with Gasteiger partial charge in [0.15, 0.2) is 22.4 Å². The Morgan fingerprint density at radius 2 is 1.96 bits per heavy atom. The average molecular weight is 642 g/mol. The maximum Gasteiger partial charge on any atom is 0.519 e. The summed E-state index contributed by atoms with van der Waals surface area (Å²) in [6, 6.07) is 3.70. The molecule has 46 heavy (non-hydrogen) atoms. The fourth-order valence-electron chi connectivity index (χ4n) is 5.95. The predicted octanol–water partition coefficient (Wildman–Crippen LogP) is 3.25. The summed E-state index contributed by atoms with van der Waals surface area (Å²) >= 11 is 0. The Morgan fingerprint density at radius 3 is 2.61 bits per heavy atom. The summed E-state index contributed by atoms with van der Waals surface area (Å²) in [7, 11) is 0. The lowest BCUT2D eigenvalue weighted by molar-refractivity contribution is -0.163. The predicted molar refractivity (Wildman–Crippen MR) is 157 cm³/mol. The van der Waals surface area contributed by atoms with E-state index in [2.05, 4.69) is 9.97 Å². The number of hydrogen-bond acceptors (Lipinski definition) is 12. The van der Waals surface area contributed by atoms with E-state index in [0.717, 1.165) is 15.7 Å². The van der Waals surface area contributed by atoms with E-state index < -0.39 is 47.2 Å². The van der Waals surface area contributed by atoms with Crippen molar-refractivity contribution in [3.05, 3.63) is 68.9 Å². The molecule has 4 aromatic rings.